The Morgan fingerprint density at radius 1 is 1.40 bits per heavy atom. The molecule has 2 N–H and O–H groups in total. The maximum absolute atomic E-state index is 6.13. The number of hydrogen-bond acceptors (Lipinski definition) is 3. The zero-order valence-electron chi connectivity index (χ0n) is 8.26. The van der Waals surface area contributed by atoms with E-state index in [9.17, 15) is 0 Å². The van der Waals surface area contributed by atoms with Crippen LogP contribution in [0.5, 0.6) is 0 Å². The van der Waals surface area contributed by atoms with Crippen LogP contribution in [0.3, 0.4) is 0 Å². The molecule has 0 aliphatic heterocycles. The van der Waals surface area contributed by atoms with Gasteiger partial charge in [0.25, 0.3) is 0 Å². The molecule has 0 fully saturated rings. The fraction of sp³-hybridized carbons (Fsp3) is 0.200. The second-order valence-corrected chi connectivity index (χ2v) is 4.14. The molecule has 0 bridgehead atoms. The maximum atomic E-state index is 6.13. The van der Waals surface area contributed by atoms with Gasteiger partial charge >= 0.3 is 0 Å². The van der Waals surface area contributed by atoms with Crippen LogP contribution in [0.1, 0.15) is 17.3 Å². The first-order chi connectivity index (χ1) is 7.20. The number of rotatable bonds is 2. The minimum absolute atomic E-state index is 0.208. The van der Waals surface area contributed by atoms with Gasteiger partial charge in [0.2, 0.25) is 0 Å². The number of nitrogens with two attached hydrogens (primary N) is 1. The highest BCUT2D eigenvalue weighted by Crippen LogP contribution is 2.25. The van der Waals surface area contributed by atoms with Gasteiger partial charge in [-0.1, -0.05) is 39.3 Å². The van der Waals surface area contributed by atoms with Gasteiger partial charge in [-0.3, -0.25) is 4.68 Å². The predicted molar refractivity (Wildman–Crippen MR) is 61.2 cm³/mol. The summed E-state index contributed by atoms with van der Waals surface area (Å²) in [6.45, 7) is 0. The Morgan fingerprint density at radius 3 is 2.73 bits per heavy atom. The predicted octanol–water partition coefficient (Wildman–Crippen LogP) is 1.63. The number of nitrogens with zero attached hydrogens (tertiary/aromatic N) is 3. The molecule has 0 saturated carbocycles. The van der Waals surface area contributed by atoms with Crippen molar-refractivity contribution in [2.45, 2.75) is 6.04 Å². The lowest BCUT2D eigenvalue weighted by Crippen LogP contribution is -2.16. The lowest BCUT2D eigenvalue weighted by molar-refractivity contribution is 0.650. The van der Waals surface area contributed by atoms with Crippen molar-refractivity contribution in [2.24, 2.45) is 12.8 Å². The van der Waals surface area contributed by atoms with Crippen LogP contribution in [-0.4, -0.2) is 15.0 Å². The quantitative estimate of drug-likeness (QED) is 0.899. The zero-order valence-corrected chi connectivity index (χ0v) is 9.85. The smallest absolute Gasteiger partial charge is 0.0796 e. The molecule has 2 rings (SSSR count). The average molecular weight is 267 g/mol. The molecule has 0 radical (unpaired) electrons. The van der Waals surface area contributed by atoms with Gasteiger partial charge in [0.15, 0.2) is 0 Å². The Bertz CT molecular complexity index is 466. The van der Waals surface area contributed by atoms with Crippen LogP contribution in [0.25, 0.3) is 0 Å². The van der Waals surface area contributed by atoms with E-state index in [2.05, 4.69) is 26.2 Å². The molecule has 0 aliphatic carbocycles. The molecular formula is C10H11BrN4. The van der Waals surface area contributed by atoms with Gasteiger partial charge in [0.1, 0.15) is 0 Å². The van der Waals surface area contributed by atoms with Crippen LogP contribution in [-0.2, 0) is 7.05 Å². The summed E-state index contributed by atoms with van der Waals surface area (Å²) < 4.78 is 2.68. The highest BCUT2D eigenvalue weighted by molar-refractivity contribution is 9.10. The summed E-state index contributed by atoms with van der Waals surface area (Å²) >= 11 is 3.48. The third-order valence-corrected chi connectivity index (χ3v) is 3.03. The lowest BCUT2D eigenvalue weighted by Gasteiger charge is -2.13. The van der Waals surface area contributed by atoms with Crippen LogP contribution >= 0.6 is 15.9 Å². The molecule has 2 aromatic rings. The van der Waals surface area contributed by atoms with Crippen LogP contribution in [0.4, 0.5) is 0 Å². The van der Waals surface area contributed by atoms with E-state index >= 15 is 0 Å². The highest BCUT2D eigenvalue weighted by Gasteiger charge is 2.15. The van der Waals surface area contributed by atoms with E-state index in [1.807, 2.05) is 31.3 Å². The fourth-order valence-corrected chi connectivity index (χ4v) is 2.00. The number of hydrogen-bond donors (Lipinski definition) is 1. The normalized spacial score (nSPS) is 12.7. The Hall–Kier alpha value is -1.20. The summed E-state index contributed by atoms with van der Waals surface area (Å²) in [6, 6.07) is 7.67. The summed E-state index contributed by atoms with van der Waals surface area (Å²) in [5.74, 6) is 0. The van der Waals surface area contributed by atoms with Crippen LogP contribution in [0, 0.1) is 0 Å². The summed E-state index contributed by atoms with van der Waals surface area (Å²) in [6.07, 6.45) is 1.68. The first kappa shape index (κ1) is 10.3. The molecule has 0 saturated heterocycles. The molecule has 1 aromatic heterocycles. The molecule has 1 atom stereocenters. The van der Waals surface area contributed by atoms with Gasteiger partial charge in [-0.15, -0.1) is 5.10 Å². The van der Waals surface area contributed by atoms with Crippen molar-refractivity contribution < 1.29 is 0 Å². The van der Waals surface area contributed by atoms with Crippen LogP contribution < -0.4 is 5.73 Å². The zero-order chi connectivity index (χ0) is 10.8. The molecule has 5 heteroatoms. The Morgan fingerprint density at radius 2 is 2.13 bits per heavy atom. The maximum Gasteiger partial charge on any atom is 0.0796 e. The number of benzene rings is 1. The molecule has 0 amide bonds. The summed E-state index contributed by atoms with van der Waals surface area (Å²) in [4.78, 5) is 0. The van der Waals surface area contributed by atoms with E-state index in [0.29, 0.717) is 0 Å². The summed E-state index contributed by atoms with van der Waals surface area (Å²) in [5.41, 5.74) is 8.05. The molecule has 1 unspecified atom stereocenters. The van der Waals surface area contributed by atoms with Crippen molar-refractivity contribution in [3.63, 3.8) is 0 Å². The van der Waals surface area contributed by atoms with Crippen LogP contribution in [0.15, 0.2) is 34.9 Å². The monoisotopic (exact) mass is 266 g/mol. The second-order valence-electron chi connectivity index (χ2n) is 3.28. The molecule has 1 heterocycles. The van der Waals surface area contributed by atoms with Gasteiger partial charge in [-0.2, -0.15) is 0 Å². The van der Waals surface area contributed by atoms with E-state index in [1.165, 1.54) is 0 Å². The molecular weight excluding hydrogens is 256 g/mol. The summed E-state index contributed by atoms with van der Waals surface area (Å²) in [7, 11) is 1.83. The van der Waals surface area contributed by atoms with E-state index in [0.717, 1.165) is 15.7 Å². The van der Waals surface area contributed by atoms with Gasteiger partial charge < -0.3 is 5.73 Å². The number of aryl methyl sites for hydroxylation is 1. The Balaban J connectivity index is 2.41. The molecule has 78 valence electrons. The fourth-order valence-electron chi connectivity index (χ4n) is 1.47. The number of aromatic nitrogens is 3. The standard InChI is InChI=1S/C10H11BrN4/c1-15-9(6-13-14-15)10(12)7-4-2-3-5-8(7)11/h2-6,10H,12H2,1H3. The van der Waals surface area contributed by atoms with Gasteiger partial charge in [0.05, 0.1) is 17.9 Å². The van der Waals surface area contributed by atoms with E-state index in [-0.39, 0.29) is 6.04 Å². The van der Waals surface area contributed by atoms with Crippen molar-refractivity contribution in [2.75, 3.05) is 0 Å². The highest BCUT2D eigenvalue weighted by atomic mass is 79.9. The molecule has 0 spiro atoms. The largest absolute Gasteiger partial charge is 0.319 e. The minimum atomic E-state index is -0.208. The average Bonchev–Trinajstić information content (AvgIpc) is 2.64. The molecule has 0 aliphatic rings. The molecule has 4 nitrogen and oxygen atoms in total. The van der Waals surface area contributed by atoms with E-state index in [1.54, 1.807) is 10.9 Å². The first-order valence-corrected chi connectivity index (χ1v) is 5.34. The van der Waals surface area contributed by atoms with Crippen molar-refractivity contribution in [1.82, 2.24) is 15.0 Å². The van der Waals surface area contributed by atoms with Crippen molar-refractivity contribution in [3.05, 3.63) is 46.2 Å². The van der Waals surface area contributed by atoms with E-state index < -0.39 is 0 Å². The molecule has 15 heavy (non-hydrogen) atoms. The Labute approximate surface area is 96.2 Å². The van der Waals surface area contributed by atoms with Crippen molar-refractivity contribution >= 4 is 15.9 Å². The lowest BCUT2D eigenvalue weighted by atomic mass is 10.1. The molecule has 1 aromatic carbocycles. The Kier molecular flexibility index (Phi) is 2.83. The minimum Gasteiger partial charge on any atom is -0.319 e. The third-order valence-electron chi connectivity index (χ3n) is 2.31. The van der Waals surface area contributed by atoms with Crippen molar-refractivity contribution in [1.29, 1.82) is 0 Å². The first-order valence-electron chi connectivity index (χ1n) is 4.54. The van der Waals surface area contributed by atoms with Gasteiger partial charge in [-0.25, -0.2) is 0 Å². The topological polar surface area (TPSA) is 56.7 Å². The number of halogens is 1. The van der Waals surface area contributed by atoms with Gasteiger partial charge in [0, 0.05) is 11.5 Å². The third kappa shape index (κ3) is 1.93. The SMILES string of the molecule is Cn1nncc1C(N)c1ccccc1Br. The van der Waals surface area contributed by atoms with Gasteiger partial charge in [-0.05, 0) is 11.6 Å². The van der Waals surface area contributed by atoms with E-state index in [4.69, 9.17) is 5.73 Å². The summed E-state index contributed by atoms with van der Waals surface area (Å²) in [5, 5.41) is 7.68. The van der Waals surface area contributed by atoms with Crippen LogP contribution in [0.2, 0.25) is 0 Å². The van der Waals surface area contributed by atoms with Crippen molar-refractivity contribution in [3.8, 4) is 0 Å². The second kappa shape index (κ2) is 4.12.